The third kappa shape index (κ3) is 12.7. The highest BCUT2D eigenvalue weighted by Gasteiger charge is 2.00. The van der Waals surface area contributed by atoms with Crippen molar-refractivity contribution in [2.24, 2.45) is 0 Å². The van der Waals surface area contributed by atoms with Crippen LogP contribution in [0.25, 0.3) is 0 Å². The number of nitrogens with zero attached hydrogens (tertiary/aromatic N) is 1. The van der Waals surface area contributed by atoms with E-state index in [4.69, 9.17) is 11.6 Å². The van der Waals surface area contributed by atoms with Crippen molar-refractivity contribution < 1.29 is 0 Å². The molecule has 0 radical (unpaired) electrons. The Labute approximate surface area is 120 Å². The van der Waals surface area contributed by atoms with E-state index in [0.29, 0.717) is 0 Å². The van der Waals surface area contributed by atoms with Crippen LogP contribution in [0.2, 0.25) is 0 Å². The Morgan fingerprint density at radius 2 is 1.17 bits per heavy atom. The molecular formula is C16H34ClN. The van der Waals surface area contributed by atoms with Crippen LogP contribution in [0.5, 0.6) is 0 Å². The maximum Gasteiger partial charge on any atom is 0.0351 e. The molecule has 0 atom stereocenters. The summed E-state index contributed by atoms with van der Waals surface area (Å²) in [5.41, 5.74) is 0. The maximum absolute atomic E-state index is 5.77. The van der Waals surface area contributed by atoms with E-state index in [1.54, 1.807) is 0 Å². The number of hydrogen-bond donors (Lipinski definition) is 0. The van der Waals surface area contributed by atoms with Gasteiger partial charge < -0.3 is 4.90 Å². The highest BCUT2D eigenvalue weighted by molar-refractivity contribution is 6.18. The highest BCUT2D eigenvalue weighted by atomic mass is 35.5. The van der Waals surface area contributed by atoms with Crippen molar-refractivity contribution in [1.82, 2.24) is 4.90 Å². The Balaban J connectivity index is 3.10. The minimum Gasteiger partial charge on any atom is -0.302 e. The third-order valence-corrected chi connectivity index (χ3v) is 3.84. The molecule has 0 aliphatic rings. The van der Waals surface area contributed by atoms with Crippen LogP contribution in [-0.2, 0) is 0 Å². The molecule has 0 amide bonds. The number of alkyl halides is 1. The largest absolute Gasteiger partial charge is 0.302 e. The Morgan fingerprint density at radius 1 is 0.667 bits per heavy atom. The second-order valence-electron chi connectivity index (χ2n) is 5.31. The summed E-state index contributed by atoms with van der Waals surface area (Å²) in [7, 11) is 0. The van der Waals surface area contributed by atoms with E-state index < -0.39 is 0 Å². The Bertz CT molecular complexity index is 150. The topological polar surface area (TPSA) is 3.24 Å². The van der Waals surface area contributed by atoms with Gasteiger partial charge in [0.2, 0.25) is 0 Å². The van der Waals surface area contributed by atoms with Gasteiger partial charge in [-0.1, -0.05) is 71.6 Å². The Hall–Kier alpha value is 0.250. The second-order valence-corrected chi connectivity index (χ2v) is 5.68. The summed E-state index contributed by atoms with van der Waals surface area (Å²) < 4.78 is 0. The van der Waals surface area contributed by atoms with Crippen LogP contribution in [0.3, 0.4) is 0 Å². The molecule has 0 saturated heterocycles. The lowest BCUT2D eigenvalue weighted by molar-refractivity contribution is 0.297. The fraction of sp³-hybridized carbons (Fsp3) is 1.00. The van der Waals surface area contributed by atoms with E-state index in [-0.39, 0.29) is 0 Å². The van der Waals surface area contributed by atoms with Crippen LogP contribution in [0.1, 0.15) is 78.1 Å². The molecule has 0 rings (SSSR count). The number of hydrogen-bond acceptors (Lipinski definition) is 1. The molecule has 110 valence electrons. The molecule has 0 saturated carbocycles. The van der Waals surface area contributed by atoms with Crippen molar-refractivity contribution in [3.05, 3.63) is 0 Å². The predicted molar refractivity (Wildman–Crippen MR) is 84.7 cm³/mol. The summed E-state index contributed by atoms with van der Waals surface area (Å²) in [6.45, 7) is 7.94. The molecule has 0 aromatic heterocycles. The van der Waals surface area contributed by atoms with Gasteiger partial charge in [-0.2, -0.15) is 0 Å². The van der Waals surface area contributed by atoms with Gasteiger partial charge in [0.1, 0.15) is 0 Å². The van der Waals surface area contributed by atoms with Gasteiger partial charge in [-0.25, -0.2) is 0 Å². The minimum atomic E-state index is 0.769. The smallest absolute Gasteiger partial charge is 0.0351 e. The molecule has 0 fully saturated rings. The van der Waals surface area contributed by atoms with Crippen LogP contribution in [0.4, 0.5) is 0 Å². The minimum absolute atomic E-state index is 0.769. The van der Waals surface area contributed by atoms with Gasteiger partial charge in [-0.3, -0.25) is 0 Å². The van der Waals surface area contributed by atoms with Crippen molar-refractivity contribution >= 4 is 11.6 Å². The lowest BCUT2D eigenvalue weighted by Gasteiger charge is -2.18. The van der Waals surface area contributed by atoms with E-state index >= 15 is 0 Å². The van der Waals surface area contributed by atoms with E-state index in [1.807, 2.05) is 0 Å². The average Bonchev–Trinajstić information content (AvgIpc) is 2.39. The zero-order chi connectivity index (χ0) is 13.5. The van der Waals surface area contributed by atoms with Crippen molar-refractivity contribution in [3.63, 3.8) is 0 Å². The van der Waals surface area contributed by atoms with Crippen molar-refractivity contribution in [2.45, 2.75) is 78.1 Å². The number of rotatable bonds is 14. The first-order chi connectivity index (χ1) is 8.85. The molecule has 0 N–H and O–H groups in total. The molecule has 0 unspecified atom stereocenters. The summed E-state index contributed by atoms with van der Waals surface area (Å²) in [6.07, 6.45) is 14.2. The first-order valence-corrected chi connectivity index (χ1v) is 8.66. The van der Waals surface area contributed by atoms with Crippen molar-refractivity contribution in [1.29, 1.82) is 0 Å². The average molecular weight is 276 g/mol. The van der Waals surface area contributed by atoms with E-state index in [0.717, 1.165) is 19.0 Å². The number of halogens is 1. The van der Waals surface area contributed by atoms with Gasteiger partial charge in [0.15, 0.2) is 0 Å². The van der Waals surface area contributed by atoms with Gasteiger partial charge in [0.25, 0.3) is 0 Å². The normalized spacial score (nSPS) is 11.3. The zero-order valence-corrected chi connectivity index (χ0v) is 13.5. The fourth-order valence-corrected chi connectivity index (χ4v) is 2.61. The Kier molecular flexibility index (Phi) is 15.5. The van der Waals surface area contributed by atoms with Crippen molar-refractivity contribution in [3.8, 4) is 0 Å². The van der Waals surface area contributed by atoms with Crippen LogP contribution in [0, 0.1) is 0 Å². The highest BCUT2D eigenvalue weighted by Crippen LogP contribution is 2.10. The van der Waals surface area contributed by atoms with Crippen LogP contribution >= 0.6 is 11.6 Å². The molecule has 0 aliphatic heterocycles. The van der Waals surface area contributed by atoms with E-state index in [1.165, 1.54) is 70.8 Å². The van der Waals surface area contributed by atoms with Gasteiger partial charge in [0, 0.05) is 12.4 Å². The number of unbranched alkanes of at least 4 members (excludes halogenated alkanes) is 9. The Morgan fingerprint density at radius 3 is 1.61 bits per heavy atom. The summed E-state index contributed by atoms with van der Waals surface area (Å²) in [4.78, 5) is 2.46. The molecule has 0 aliphatic carbocycles. The molecule has 0 bridgehead atoms. The van der Waals surface area contributed by atoms with Gasteiger partial charge in [-0.15, -0.1) is 11.6 Å². The third-order valence-electron chi connectivity index (χ3n) is 3.68. The fourth-order valence-electron chi connectivity index (χ4n) is 2.37. The van der Waals surface area contributed by atoms with Crippen LogP contribution < -0.4 is 0 Å². The molecule has 2 heteroatoms. The SMILES string of the molecule is CCCCCCCCCCCCN(CC)CCCl. The molecule has 1 nitrogen and oxygen atoms in total. The molecule has 0 heterocycles. The first kappa shape index (κ1) is 18.2. The summed E-state index contributed by atoms with van der Waals surface area (Å²) in [5.74, 6) is 0.769. The van der Waals surface area contributed by atoms with Crippen molar-refractivity contribution in [2.75, 3.05) is 25.5 Å². The molecule has 18 heavy (non-hydrogen) atoms. The lowest BCUT2D eigenvalue weighted by Crippen LogP contribution is -2.26. The summed E-state index contributed by atoms with van der Waals surface area (Å²) in [5, 5.41) is 0. The quantitative estimate of drug-likeness (QED) is 0.300. The molecule has 0 aromatic carbocycles. The zero-order valence-electron chi connectivity index (χ0n) is 12.7. The van der Waals surface area contributed by atoms with E-state index in [9.17, 15) is 0 Å². The summed E-state index contributed by atoms with van der Waals surface area (Å²) in [6, 6.07) is 0. The summed E-state index contributed by atoms with van der Waals surface area (Å²) >= 11 is 5.77. The van der Waals surface area contributed by atoms with E-state index in [2.05, 4.69) is 18.7 Å². The predicted octanol–water partition coefficient (Wildman–Crippen LogP) is 5.47. The molecule has 0 aromatic rings. The standard InChI is InChI=1S/C16H34ClN/c1-3-5-6-7-8-9-10-11-12-13-15-18(4-2)16-14-17/h3-16H2,1-2H3. The van der Waals surface area contributed by atoms with Crippen LogP contribution in [0.15, 0.2) is 0 Å². The van der Waals surface area contributed by atoms with Gasteiger partial charge in [0.05, 0.1) is 0 Å². The maximum atomic E-state index is 5.77. The van der Waals surface area contributed by atoms with Crippen LogP contribution in [-0.4, -0.2) is 30.4 Å². The molecule has 0 spiro atoms. The second kappa shape index (κ2) is 15.3. The monoisotopic (exact) mass is 275 g/mol. The van der Waals surface area contributed by atoms with Gasteiger partial charge >= 0.3 is 0 Å². The van der Waals surface area contributed by atoms with Gasteiger partial charge in [-0.05, 0) is 19.5 Å². The first-order valence-electron chi connectivity index (χ1n) is 8.13. The molecular weight excluding hydrogens is 242 g/mol. The lowest BCUT2D eigenvalue weighted by atomic mass is 10.1.